The van der Waals surface area contributed by atoms with Crippen molar-refractivity contribution in [1.29, 1.82) is 0 Å². The highest BCUT2D eigenvalue weighted by molar-refractivity contribution is 6.35. The molecule has 0 bridgehead atoms. The van der Waals surface area contributed by atoms with Gasteiger partial charge >= 0.3 is 0 Å². The van der Waals surface area contributed by atoms with E-state index in [-0.39, 0.29) is 23.0 Å². The zero-order chi connectivity index (χ0) is 20.8. The number of piperazine rings is 1. The van der Waals surface area contributed by atoms with Gasteiger partial charge < -0.3 is 19.1 Å². The van der Waals surface area contributed by atoms with Crippen LogP contribution in [-0.2, 0) is 6.54 Å². The van der Waals surface area contributed by atoms with Crippen LogP contribution in [0.15, 0.2) is 53.5 Å². The fraction of sp³-hybridized carbons (Fsp3) is 0.304. The van der Waals surface area contributed by atoms with Gasteiger partial charge in [-0.1, -0.05) is 29.8 Å². The molecule has 154 valence electrons. The van der Waals surface area contributed by atoms with Crippen LogP contribution < -0.4 is 15.1 Å². The maximum Gasteiger partial charge on any atom is 0.259 e. The molecule has 1 unspecified atom stereocenters. The smallest absolute Gasteiger partial charge is 0.259 e. The summed E-state index contributed by atoms with van der Waals surface area (Å²) in [6.07, 6.45) is 1.62. The van der Waals surface area contributed by atoms with Gasteiger partial charge in [-0.3, -0.25) is 9.59 Å². The molecule has 1 fully saturated rings. The minimum atomic E-state index is -0.332. The van der Waals surface area contributed by atoms with Crippen LogP contribution in [0.25, 0.3) is 10.9 Å². The quantitative estimate of drug-likeness (QED) is 0.634. The summed E-state index contributed by atoms with van der Waals surface area (Å²) in [5, 5.41) is 0.698. The van der Waals surface area contributed by atoms with E-state index in [1.807, 2.05) is 29.7 Å². The lowest BCUT2D eigenvalue weighted by atomic mass is 10.1. The second kappa shape index (κ2) is 7.36. The second-order valence-corrected chi connectivity index (χ2v) is 8.24. The summed E-state index contributed by atoms with van der Waals surface area (Å²) in [6, 6.07) is 13.6. The predicted molar refractivity (Wildman–Crippen MR) is 118 cm³/mol. The first-order valence-electron chi connectivity index (χ1n) is 10.1. The number of aromatic nitrogens is 1. The van der Waals surface area contributed by atoms with Crippen LogP contribution in [0.4, 0.5) is 5.69 Å². The van der Waals surface area contributed by atoms with Crippen molar-refractivity contribution < 1.29 is 9.53 Å². The number of nitrogens with zero attached hydrogens (tertiary/aromatic N) is 3. The van der Waals surface area contributed by atoms with E-state index < -0.39 is 0 Å². The SMILES string of the molecule is CC1Cn2cc(C(=O)N3CCN(c4ccccc4)CC3)c(=O)c3c(Cl)ccc(c32)O1. The Morgan fingerprint density at radius 3 is 2.53 bits per heavy atom. The van der Waals surface area contributed by atoms with E-state index in [0.717, 1.165) is 18.8 Å². The molecule has 7 heteroatoms. The first-order chi connectivity index (χ1) is 14.5. The van der Waals surface area contributed by atoms with Crippen molar-refractivity contribution in [3.05, 3.63) is 69.5 Å². The fourth-order valence-corrected chi connectivity index (χ4v) is 4.60. The van der Waals surface area contributed by atoms with Crippen LogP contribution in [-0.4, -0.2) is 47.7 Å². The van der Waals surface area contributed by atoms with Crippen molar-refractivity contribution >= 4 is 34.1 Å². The van der Waals surface area contributed by atoms with E-state index >= 15 is 0 Å². The van der Waals surface area contributed by atoms with Crippen molar-refractivity contribution in [2.24, 2.45) is 0 Å². The molecule has 2 aliphatic heterocycles. The van der Waals surface area contributed by atoms with Crippen molar-refractivity contribution in [2.75, 3.05) is 31.1 Å². The Hall–Kier alpha value is -2.99. The highest BCUT2D eigenvalue weighted by Crippen LogP contribution is 2.33. The Bertz CT molecular complexity index is 1180. The molecule has 5 rings (SSSR count). The van der Waals surface area contributed by atoms with Crippen LogP contribution in [0, 0.1) is 0 Å². The Balaban J connectivity index is 1.47. The molecule has 2 aromatic carbocycles. The van der Waals surface area contributed by atoms with E-state index in [2.05, 4.69) is 17.0 Å². The zero-order valence-electron chi connectivity index (χ0n) is 16.7. The van der Waals surface area contributed by atoms with Gasteiger partial charge in [0, 0.05) is 38.1 Å². The molecule has 1 amide bonds. The van der Waals surface area contributed by atoms with Gasteiger partial charge in [0.05, 0.1) is 22.5 Å². The van der Waals surface area contributed by atoms with Crippen LogP contribution in [0.2, 0.25) is 5.02 Å². The summed E-state index contributed by atoms with van der Waals surface area (Å²) in [7, 11) is 0. The lowest BCUT2D eigenvalue weighted by Gasteiger charge is -2.36. The van der Waals surface area contributed by atoms with E-state index in [4.69, 9.17) is 16.3 Å². The molecule has 6 nitrogen and oxygen atoms in total. The molecule has 1 saturated heterocycles. The summed E-state index contributed by atoms with van der Waals surface area (Å²) in [5.74, 6) is 0.389. The molecule has 0 spiro atoms. The number of halogens is 1. The molecule has 2 aliphatic rings. The Labute approximate surface area is 179 Å². The summed E-state index contributed by atoms with van der Waals surface area (Å²) < 4.78 is 7.80. The third-order valence-electron chi connectivity index (χ3n) is 5.83. The number of amides is 1. The number of hydrogen-bond acceptors (Lipinski definition) is 4. The molecule has 3 heterocycles. The van der Waals surface area contributed by atoms with Crippen LogP contribution in [0.1, 0.15) is 17.3 Å². The van der Waals surface area contributed by atoms with Gasteiger partial charge in [-0.25, -0.2) is 0 Å². The Morgan fingerprint density at radius 2 is 1.80 bits per heavy atom. The Morgan fingerprint density at radius 1 is 1.07 bits per heavy atom. The lowest BCUT2D eigenvalue weighted by Crippen LogP contribution is -2.49. The number of benzene rings is 2. The highest BCUT2D eigenvalue weighted by atomic mass is 35.5. The monoisotopic (exact) mass is 423 g/mol. The molecule has 0 radical (unpaired) electrons. The number of pyridine rings is 1. The van der Waals surface area contributed by atoms with Gasteiger partial charge in [0.15, 0.2) is 0 Å². The number of hydrogen-bond donors (Lipinski definition) is 0. The van der Waals surface area contributed by atoms with E-state index in [1.54, 1.807) is 23.2 Å². The number of carbonyl (C=O) groups is 1. The predicted octanol–water partition coefficient (Wildman–Crippen LogP) is 3.40. The molecule has 0 N–H and O–H groups in total. The fourth-order valence-electron chi connectivity index (χ4n) is 4.36. The van der Waals surface area contributed by atoms with Crippen LogP contribution in [0.5, 0.6) is 5.75 Å². The van der Waals surface area contributed by atoms with Crippen LogP contribution in [0.3, 0.4) is 0 Å². The first kappa shape index (κ1) is 19.0. The van der Waals surface area contributed by atoms with Crippen molar-refractivity contribution in [2.45, 2.75) is 19.6 Å². The van der Waals surface area contributed by atoms with Crippen molar-refractivity contribution in [3.63, 3.8) is 0 Å². The Kier molecular flexibility index (Phi) is 4.66. The highest BCUT2D eigenvalue weighted by Gasteiger charge is 2.28. The average Bonchev–Trinajstić information content (AvgIpc) is 2.77. The summed E-state index contributed by atoms with van der Waals surface area (Å²) in [4.78, 5) is 30.5. The number of para-hydroxylation sites is 1. The second-order valence-electron chi connectivity index (χ2n) is 7.84. The molecule has 0 aliphatic carbocycles. The summed E-state index contributed by atoms with van der Waals surface area (Å²) >= 11 is 6.37. The van der Waals surface area contributed by atoms with Gasteiger partial charge in [0.25, 0.3) is 5.91 Å². The molecule has 30 heavy (non-hydrogen) atoms. The molecular formula is C23H22ClN3O3. The van der Waals surface area contributed by atoms with Crippen molar-refractivity contribution in [1.82, 2.24) is 9.47 Å². The normalized spacial score (nSPS) is 18.4. The first-order valence-corrected chi connectivity index (χ1v) is 10.5. The zero-order valence-corrected chi connectivity index (χ0v) is 17.4. The standard InChI is InChI=1S/C23H22ClN3O3/c1-15-13-27-14-17(22(28)20-18(24)7-8-19(30-15)21(20)27)23(29)26-11-9-25(10-12-26)16-5-3-2-4-6-16/h2-8,14-15H,9-13H2,1H3. The van der Waals surface area contributed by atoms with Crippen molar-refractivity contribution in [3.8, 4) is 5.75 Å². The maximum absolute atomic E-state index is 13.3. The van der Waals surface area contributed by atoms with Gasteiger partial charge in [0.2, 0.25) is 5.43 Å². The third-order valence-corrected chi connectivity index (χ3v) is 6.15. The van der Waals surface area contributed by atoms with Gasteiger partial charge in [-0.05, 0) is 31.2 Å². The minimum Gasteiger partial charge on any atom is -0.487 e. The molecule has 0 saturated carbocycles. The molecule has 3 aromatic rings. The third kappa shape index (κ3) is 3.12. The molecule has 1 atom stereocenters. The summed E-state index contributed by atoms with van der Waals surface area (Å²) in [5.41, 5.74) is 1.65. The van der Waals surface area contributed by atoms with Gasteiger partial charge in [-0.15, -0.1) is 0 Å². The molecule has 1 aromatic heterocycles. The minimum absolute atomic E-state index is 0.0539. The number of carbonyl (C=O) groups excluding carboxylic acids is 1. The topological polar surface area (TPSA) is 54.8 Å². The largest absolute Gasteiger partial charge is 0.487 e. The number of anilines is 1. The van der Waals surface area contributed by atoms with E-state index in [0.29, 0.717) is 41.3 Å². The number of rotatable bonds is 2. The van der Waals surface area contributed by atoms with Gasteiger partial charge in [0.1, 0.15) is 17.4 Å². The van der Waals surface area contributed by atoms with E-state index in [1.165, 1.54) is 0 Å². The lowest BCUT2D eigenvalue weighted by molar-refractivity contribution is 0.0744. The average molecular weight is 424 g/mol. The number of ether oxygens (including phenoxy) is 1. The van der Waals surface area contributed by atoms with Crippen LogP contribution >= 0.6 is 11.6 Å². The van der Waals surface area contributed by atoms with E-state index in [9.17, 15) is 9.59 Å². The van der Waals surface area contributed by atoms with Gasteiger partial charge in [-0.2, -0.15) is 0 Å². The molecular weight excluding hydrogens is 402 g/mol. The maximum atomic E-state index is 13.3. The summed E-state index contributed by atoms with van der Waals surface area (Å²) in [6.45, 7) is 5.12.